The molecular formula is C19H24F3N3O3. The van der Waals surface area contributed by atoms with E-state index in [1.54, 1.807) is 29.7 Å². The lowest BCUT2D eigenvalue weighted by molar-refractivity contribution is -0.200. The number of urea groups is 1. The summed E-state index contributed by atoms with van der Waals surface area (Å²) in [6, 6.07) is 4.09. The molecule has 1 aliphatic heterocycles. The van der Waals surface area contributed by atoms with Crippen molar-refractivity contribution in [2.45, 2.75) is 64.3 Å². The second-order valence-electron chi connectivity index (χ2n) is 7.89. The van der Waals surface area contributed by atoms with Gasteiger partial charge >= 0.3 is 12.2 Å². The van der Waals surface area contributed by atoms with Crippen molar-refractivity contribution in [3.8, 4) is 0 Å². The van der Waals surface area contributed by atoms with Crippen LogP contribution in [0, 0.1) is 0 Å². The molecule has 1 fully saturated rings. The number of hydrogen-bond acceptors (Lipinski definition) is 3. The van der Waals surface area contributed by atoms with Gasteiger partial charge in [-0.3, -0.25) is 19.8 Å². The molecule has 154 valence electrons. The van der Waals surface area contributed by atoms with Gasteiger partial charge in [-0.15, -0.1) is 0 Å². The molecule has 2 atom stereocenters. The predicted octanol–water partition coefficient (Wildman–Crippen LogP) is 3.32. The lowest BCUT2D eigenvalue weighted by Crippen LogP contribution is -2.69. The number of amides is 4. The molecule has 1 aromatic rings. The lowest BCUT2D eigenvalue weighted by Gasteiger charge is -2.30. The molecule has 2 rings (SSSR count). The minimum absolute atomic E-state index is 0.0549. The number of nitrogens with one attached hydrogen (secondary N) is 2. The Labute approximate surface area is 161 Å². The van der Waals surface area contributed by atoms with E-state index in [0.717, 1.165) is 5.56 Å². The Morgan fingerprint density at radius 2 is 1.71 bits per heavy atom. The van der Waals surface area contributed by atoms with Crippen molar-refractivity contribution in [3.63, 3.8) is 0 Å². The first-order valence-corrected chi connectivity index (χ1v) is 8.90. The largest absolute Gasteiger partial charge is 0.440 e. The van der Waals surface area contributed by atoms with Crippen molar-refractivity contribution in [1.29, 1.82) is 0 Å². The van der Waals surface area contributed by atoms with E-state index in [4.69, 9.17) is 0 Å². The van der Waals surface area contributed by atoms with Crippen LogP contribution in [-0.4, -0.2) is 40.6 Å². The predicted molar refractivity (Wildman–Crippen MR) is 96.5 cm³/mol. The molecule has 2 N–H and O–H groups in total. The van der Waals surface area contributed by atoms with Gasteiger partial charge in [0.15, 0.2) is 0 Å². The van der Waals surface area contributed by atoms with Crippen LogP contribution in [0.5, 0.6) is 0 Å². The third-order valence-corrected chi connectivity index (χ3v) is 4.82. The molecule has 1 aromatic carbocycles. The molecular weight excluding hydrogens is 375 g/mol. The Balaban J connectivity index is 2.37. The van der Waals surface area contributed by atoms with E-state index in [0.29, 0.717) is 4.90 Å². The number of halogens is 3. The monoisotopic (exact) mass is 399 g/mol. The molecule has 0 aliphatic carbocycles. The number of carbonyl (C=O) groups is 3. The standard InChI is InChI=1S/C19H24F3N3O3/c1-6-11(2)25-15(27)18(19(20,21)22,24-16(25)28)23-14(26)12-7-9-13(10-8-12)17(3,4)5/h7-11H,6H2,1-5H3,(H,23,26)(H,24,28)/t11-,18-/m1/s1. The van der Waals surface area contributed by atoms with E-state index in [9.17, 15) is 27.6 Å². The topological polar surface area (TPSA) is 78.5 Å². The average molecular weight is 399 g/mol. The fourth-order valence-electron chi connectivity index (χ4n) is 2.84. The molecule has 0 saturated carbocycles. The maximum absolute atomic E-state index is 13.8. The van der Waals surface area contributed by atoms with Crippen molar-refractivity contribution < 1.29 is 27.6 Å². The maximum Gasteiger partial charge on any atom is 0.440 e. The van der Waals surface area contributed by atoms with Crippen molar-refractivity contribution in [3.05, 3.63) is 35.4 Å². The smallest absolute Gasteiger partial charge is 0.314 e. The van der Waals surface area contributed by atoms with Gasteiger partial charge in [0.25, 0.3) is 17.5 Å². The third-order valence-electron chi connectivity index (χ3n) is 4.82. The third kappa shape index (κ3) is 3.70. The van der Waals surface area contributed by atoms with Crippen LogP contribution in [0.3, 0.4) is 0 Å². The Hall–Kier alpha value is -2.58. The number of benzene rings is 1. The zero-order valence-corrected chi connectivity index (χ0v) is 16.4. The van der Waals surface area contributed by atoms with Crippen molar-refractivity contribution >= 4 is 17.8 Å². The summed E-state index contributed by atoms with van der Waals surface area (Å²) in [6.45, 7) is 8.95. The molecule has 0 aromatic heterocycles. The van der Waals surface area contributed by atoms with E-state index in [-0.39, 0.29) is 17.4 Å². The maximum atomic E-state index is 13.8. The van der Waals surface area contributed by atoms with Crippen molar-refractivity contribution in [1.82, 2.24) is 15.5 Å². The van der Waals surface area contributed by atoms with Crippen molar-refractivity contribution in [2.24, 2.45) is 0 Å². The van der Waals surface area contributed by atoms with Gasteiger partial charge in [0.05, 0.1) is 0 Å². The molecule has 1 saturated heterocycles. The van der Waals surface area contributed by atoms with Crippen molar-refractivity contribution in [2.75, 3.05) is 0 Å². The van der Waals surface area contributed by atoms with Gasteiger partial charge in [0.1, 0.15) is 0 Å². The molecule has 0 bridgehead atoms. The summed E-state index contributed by atoms with van der Waals surface area (Å²) in [5.41, 5.74) is -2.86. The van der Waals surface area contributed by atoms with Gasteiger partial charge in [-0.25, -0.2) is 4.79 Å². The van der Waals surface area contributed by atoms with E-state index >= 15 is 0 Å². The number of alkyl halides is 3. The summed E-state index contributed by atoms with van der Waals surface area (Å²) in [4.78, 5) is 37.6. The highest BCUT2D eigenvalue weighted by molar-refractivity contribution is 6.10. The fraction of sp³-hybridized carbons (Fsp3) is 0.526. The van der Waals surface area contributed by atoms with Crippen LogP contribution in [0.4, 0.5) is 18.0 Å². The first-order valence-electron chi connectivity index (χ1n) is 8.90. The molecule has 4 amide bonds. The zero-order chi connectivity index (χ0) is 21.5. The van der Waals surface area contributed by atoms with Crippen LogP contribution in [0.25, 0.3) is 0 Å². The zero-order valence-electron chi connectivity index (χ0n) is 16.4. The summed E-state index contributed by atoms with van der Waals surface area (Å²) in [6.07, 6.45) is -4.95. The molecule has 9 heteroatoms. The fourth-order valence-corrected chi connectivity index (χ4v) is 2.84. The summed E-state index contributed by atoms with van der Waals surface area (Å²) >= 11 is 0. The summed E-state index contributed by atoms with van der Waals surface area (Å²) in [5, 5.41) is 3.35. The van der Waals surface area contributed by atoms with Gasteiger partial charge in [0, 0.05) is 11.6 Å². The van der Waals surface area contributed by atoms with E-state index < -0.39 is 35.7 Å². The molecule has 6 nitrogen and oxygen atoms in total. The Morgan fingerprint density at radius 1 is 1.18 bits per heavy atom. The summed E-state index contributed by atoms with van der Waals surface area (Å²) in [7, 11) is 0. The highest BCUT2D eigenvalue weighted by atomic mass is 19.4. The van der Waals surface area contributed by atoms with Gasteiger partial charge in [-0.05, 0) is 36.5 Å². The van der Waals surface area contributed by atoms with Gasteiger partial charge in [0.2, 0.25) is 0 Å². The minimum Gasteiger partial charge on any atom is -0.314 e. The number of carbonyl (C=O) groups excluding carboxylic acids is 3. The number of rotatable bonds is 4. The Bertz CT molecular complexity index is 784. The summed E-state index contributed by atoms with van der Waals surface area (Å²) < 4.78 is 41.4. The second kappa shape index (κ2) is 7.10. The second-order valence-corrected chi connectivity index (χ2v) is 7.89. The normalized spacial score (nSPS) is 21.5. The molecule has 28 heavy (non-hydrogen) atoms. The number of imide groups is 1. The van der Waals surface area contributed by atoms with Gasteiger partial charge in [-0.2, -0.15) is 13.2 Å². The van der Waals surface area contributed by atoms with E-state index in [1.165, 1.54) is 19.1 Å². The van der Waals surface area contributed by atoms with E-state index in [1.807, 2.05) is 20.8 Å². The average Bonchev–Trinajstić information content (AvgIpc) is 2.84. The first kappa shape index (κ1) is 21.7. The molecule has 1 aliphatic rings. The number of nitrogens with zero attached hydrogens (tertiary/aromatic N) is 1. The number of hydrogen-bond donors (Lipinski definition) is 2. The Kier molecular flexibility index (Phi) is 5.51. The molecule has 0 unspecified atom stereocenters. The quantitative estimate of drug-likeness (QED) is 0.763. The van der Waals surface area contributed by atoms with Crippen LogP contribution in [-0.2, 0) is 10.2 Å². The molecule has 1 heterocycles. The summed E-state index contributed by atoms with van der Waals surface area (Å²) in [5.74, 6) is -2.66. The molecule has 0 radical (unpaired) electrons. The minimum atomic E-state index is -5.22. The van der Waals surface area contributed by atoms with Gasteiger partial charge in [-0.1, -0.05) is 39.8 Å². The van der Waals surface area contributed by atoms with Gasteiger partial charge < -0.3 is 5.32 Å². The Morgan fingerprint density at radius 3 is 2.14 bits per heavy atom. The van der Waals surface area contributed by atoms with E-state index in [2.05, 4.69) is 0 Å². The lowest BCUT2D eigenvalue weighted by atomic mass is 9.86. The van der Waals surface area contributed by atoms with Crippen LogP contribution in [0.1, 0.15) is 57.0 Å². The first-order chi connectivity index (χ1) is 12.7. The highest BCUT2D eigenvalue weighted by Crippen LogP contribution is 2.35. The highest BCUT2D eigenvalue weighted by Gasteiger charge is 2.69. The van der Waals surface area contributed by atoms with Crippen LogP contribution < -0.4 is 10.6 Å². The van der Waals surface area contributed by atoms with Crippen LogP contribution >= 0.6 is 0 Å². The molecule has 0 spiro atoms. The van der Waals surface area contributed by atoms with Crippen LogP contribution in [0.15, 0.2) is 24.3 Å². The SMILES string of the molecule is CC[C@@H](C)N1C(=O)N[C@@](NC(=O)c2ccc(C(C)(C)C)cc2)(C(F)(F)F)C1=O. The van der Waals surface area contributed by atoms with Crippen LogP contribution in [0.2, 0.25) is 0 Å².